The molecular weight excluding hydrogens is 412 g/mol. The summed E-state index contributed by atoms with van der Waals surface area (Å²) < 4.78 is 4.36. The van der Waals surface area contributed by atoms with Crippen molar-refractivity contribution < 1.29 is 4.79 Å². The number of pyridine rings is 1. The number of likely N-dealkylation sites (tertiary alicyclic amines) is 1. The molecule has 1 saturated heterocycles. The molecule has 158 valence electrons. The Kier molecular flexibility index (Phi) is 4.31. The Morgan fingerprint density at radius 3 is 2.84 bits per heavy atom. The van der Waals surface area contributed by atoms with Crippen molar-refractivity contribution in [2.75, 3.05) is 23.7 Å². The van der Waals surface area contributed by atoms with Crippen LogP contribution >= 0.6 is 11.5 Å². The number of carbonyl (C=O) groups is 1. The zero-order valence-electron chi connectivity index (χ0n) is 16.8. The maximum atomic E-state index is 12.7. The Hall–Kier alpha value is -3.19. The molecule has 4 heterocycles. The van der Waals surface area contributed by atoms with Crippen LogP contribution in [0.15, 0.2) is 18.5 Å². The van der Waals surface area contributed by atoms with Gasteiger partial charge in [0.1, 0.15) is 17.5 Å². The summed E-state index contributed by atoms with van der Waals surface area (Å²) in [7, 11) is 0. The molecule has 3 aliphatic rings. The van der Waals surface area contributed by atoms with Gasteiger partial charge in [0.15, 0.2) is 0 Å². The van der Waals surface area contributed by atoms with Crippen molar-refractivity contribution in [3.8, 4) is 6.07 Å². The lowest BCUT2D eigenvalue weighted by Gasteiger charge is -2.21. The first-order chi connectivity index (χ1) is 15.2. The van der Waals surface area contributed by atoms with Crippen molar-refractivity contribution in [1.29, 1.82) is 5.26 Å². The lowest BCUT2D eigenvalue weighted by molar-refractivity contribution is 0.218. The van der Waals surface area contributed by atoms with E-state index in [1.807, 2.05) is 17.2 Å². The van der Waals surface area contributed by atoms with Gasteiger partial charge in [-0.1, -0.05) is 0 Å². The van der Waals surface area contributed by atoms with E-state index in [2.05, 4.69) is 36.0 Å². The maximum absolute atomic E-state index is 12.7. The molecule has 0 spiro atoms. The molecule has 9 nitrogen and oxygen atoms in total. The second-order valence-electron chi connectivity index (χ2n) is 8.80. The van der Waals surface area contributed by atoms with Gasteiger partial charge in [0.2, 0.25) is 5.13 Å². The number of aromatic nitrogens is 4. The number of anilines is 2. The van der Waals surface area contributed by atoms with E-state index in [1.54, 1.807) is 6.20 Å². The first-order valence-corrected chi connectivity index (χ1v) is 11.5. The van der Waals surface area contributed by atoms with E-state index in [4.69, 9.17) is 0 Å². The molecule has 0 aromatic carbocycles. The second-order valence-corrected chi connectivity index (χ2v) is 9.55. The molecule has 1 aliphatic heterocycles. The molecule has 6 rings (SSSR count). The van der Waals surface area contributed by atoms with Crippen LogP contribution in [-0.2, 0) is 0 Å². The van der Waals surface area contributed by atoms with Crippen LogP contribution in [0.25, 0.3) is 11.0 Å². The minimum absolute atomic E-state index is 0.0765. The van der Waals surface area contributed by atoms with E-state index in [1.165, 1.54) is 11.5 Å². The van der Waals surface area contributed by atoms with Gasteiger partial charge in [0, 0.05) is 54.4 Å². The first kappa shape index (κ1) is 18.6. The van der Waals surface area contributed by atoms with Gasteiger partial charge >= 0.3 is 6.03 Å². The minimum Gasteiger partial charge on any atom is -0.381 e. The fourth-order valence-electron chi connectivity index (χ4n) is 5.00. The molecule has 1 unspecified atom stereocenters. The highest BCUT2D eigenvalue weighted by Gasteiger charge is 2.42. The zero-order chi connectivity index (χ0) is 20.9. The normalized spacial score (nSPS) is 24.9. The number of rotatable bonds is 4. The van der Waals surface area contributed by atoms with Crippen LogP contribution in [0, 0.1) is 23.2 Å². The number of nitrogens with one attached hydrogen (secondary N) is 3. The third-order valence-corrected chi connectivity index (χ3v) is 7.34. The molecule has 2 amide bonds. The second kappa shape index (κ2) is 7.20. The summed E-state index contributed by atoms with van der Waals surface area (Å²) in [6.07, 6.45) is 7.73. The van der Waals surface area contributed by atoms with Crippen molar-refractivity contribution in [3.05, 3.63) is 29.8 Å². The van der Waals surface area contributed by atoms with Crippen LogP contribution in [0.1, 0.15) is 43.0 Å². The lowest BCUT2D eigenvalue weighted by atomic mass is 10.0. The molecule has 0 bridgehead atoms. The number of nitrogens with zero attached hydrogens (tertiary/aromatic N) is 5. The van der Waals surface area contributed by atoms with E-state index in [0.717, 1.165) is 61.3 Å². The smallest absolute Gasteiger partial charge is 0.323 e. The van der Waals surface area contributed by atoms with Crippen LogP contribution in [0.2, 0.25) is 0 Å². The number of fused-ring (bicyclic) bond motifs is 2. The van der Waals surface area contributed by atoms with Gasteiger partial charge in [-0.2, -0.15) is 9.64 Å². The molecule has 3 aromatic rings. The average Bonchev–Trinajstić information content (AvgIpc) is 3.13. The van der Waals surface area contributed by atoms with Crippen molar-refractivity contribution in [2.45, 2.75) is 37.6 Å². The van der Waals surface area contributed by atoms with Crippen LogP contribution in [0.3, 0.4) is 0 Å². The number of nitriles is 1. The summed E-state index contributed by atoms with van der Waals surface area (Å²) in [5, 5.41) is 17.6. The van der Waals surface area contributed by atoms with Crippen molar-refractivity contribution in [3.63, 3.8) is 0 Å². The number of aromatic amines is 1. The molecule has 3 fully saturated rings. The monoisotopic (exact) mass is 434 g/mol. The summed E-state index contributed by atoms with van der Waals surface area (Å²) in [6, 6.07) is 4.42. The number of urea groups is 1. The third kappa shape index (κ3) is 3.39. The van der Waals surface area contributed by atoms with Gasteiger partial charge in [-0.15, -0.1) is 0 Å². The quantitative estimate of drug-likeness (QED) is 0.577. The van der Waals surface area contributed by atoms with E-state index in [9.17, 15) is 10.1 Å². The van der Waals surface area contributed by atoms with Crippen molar-refractivity contribution in [1.82, 2.24) is 24.2 Å². The first-order valence-electron chi connectivity index (χ1n) is 10.7. The topological polar surface area (TPSA) is 123 Å². The minimum atomic E-state index is -0.0765. The molecule has 10 heteroatoms. The van der Waals surface area contributed by atoms with Crippen molar-refractivity contribution in [2.24, 2.45) is 11.8 Å². The largest absolute Gasteiger partial charge is 0.381 e. The maximum Gasteiger partial charge on any atom is 0.323 e. The van der Waals surface area contributed by atoms with Crippen LogP contribution in [0.4, 0.5) is 15.6 Å². The molecule has 3 aromatic heterocycles. The van der Waals surface area contributed by atoms with Gasteiger partial charge in [0.05, 0.1) is 11.3 Å². The van der Waals surface area contributed by atoms with E-state index in [-0.39, 0.29) is 12.1 Å². The number of amides is 2. The van der Waals surface area contributed by atoms with E-state index < -0.39 is 0 Å². The molecule has 2 aliphatic carbocycles. The molecular formula is C21H22N8OS. The van der Waals surface area contributed by atoms with Crippen LogP contribution in [-0.4, -0.2) is 49.4 Å². The Morgan fingerprint density at radius 2 is 2.10 bits per heavy atom. The number of carbonyl (C=O) groups excluding carboxylic acids is 1. The van der Waals surface area contributed by atoms with Gasteiger partial charge in [-0.05, 0) is 43.6 Å². The summed E-state index contributed by atoms with van der Waals surface area (Å²) in [5.74, 6) is 2.30. The van der Waals surface area contributed by atoms with E-state index >= 15 is 0 Å². The molecule has 3 N–H and O–H groups in total. The average molecular weight is 435 g/mol. The van der Waals surface area contributed by atoms with Gasteiger partial charge in [-0.25, -0.2) is 14.8 Å². The van der Waals surface area contributed by atoms with Crippen LogP contribution in [0.5, 0.6) is 0 Å². The van der Waals surface area contributed by atoms with Gasteiger partial charge < -0.3 is 15.2 Å². The van der Waals surface area contributed by atoms with E-state index in [0.29, 0.717) is 28.4 Å². The van der Waals surface area contributed by atoms with Gasteiger partial charge in [-0.3, -0.25) is 5.32 Å². The highest BCUT2D eigenvalue weighted by Crippen LogP contribution is 2.41. The van der Waals surface area contributed by atoms with Gasteiger partial charge in [0.25, 0.3) is 0 Å². The van der Waals surface area contributed by atoms with Crippen LogP contribution < -0.4 is 10.6 Å². The summed E-state index contributed by atoms with van der Waals surface area (Å²) in [4.78, 5) is 26.5. The zero-order valence-corrected chi connectivity index (χ0v) is 17.7. The molecule has 3 atom stereocenters. The van der Waals surface area contributed by atoms with Crippen molar-refractivity contribution >= 4 is 39.4 Å². The predicted octanol–water partition coefficient (Wildman–Crippen LogP) is 3.52. The number of hydrogen-bond donors (Lipinski definition) is 3. The Labute approximate surface area is 183 Å². The summed E-state index contributed by atoms with van der Waals surface area (Å²) in [6.45, 7) is 1.51. The number of hydrogen-bond acceptors (Lipinski definition) is 7. The fourth-order valence-corrected chi connectivity index (χ4v) is 5.64. The Morgan fingerprint density at radius 1 is 1.29 bits per heavy atom. The fraction of sp³-hybridized carbons (Fsp3) is 0.476. The molecule has 31 heavy (non-hydrogen) atoms. The SMILES string of the molecule is N#Cc1cnc2[nH]ccc2c1N[C@@H]1CC2CN(C(=O)Nc3nc(C4CC4)ns3)C[C@H]2C1. The highest BCUT2D eigenvalue weighted by atomic mass is 32.1. The molecule has 0 radical (unpaired) electrons. The highest BCUT2D eigenvalue weighted by molar-refractivity contribution is 7.09. The standard InChI is InChI=1S/C21H22N8OS/c22-7-14-8-24-19-16(3-4-23-19)17(14)25-15-5-12-9-29(10-13(12)6-15)21(30)27-20-26-18(28-31-20)11-1-2-11/h3-4,8,11-13,15H,1-2,5-6,9-10H2,(H2,23,24,25)(H,26,27,28,30)/t12-,13?,15+/m1/s1. The predicted molar refractivity (Wildman–Crippen MR) is 117 cm³/mol. The summed E-state index contributed by atoms with van der Waals surface area (Å²) in [5.41, 5.74) is 2.20. The summed E-state index contributed by atoms with van der Waals surface area (Å²) >= 11 is 1.27. The third-order valence-electron chi connectivity index (χ3n) is 6.69. The molecule has 2 saturated carbocycles. The number of H-pyrrole nitrogens is 1. The Bertz CT molecular complexity index is 1180. The lowest BCUT2D eigenvalue weighted by Crippen LogP contribution is -2.34. The Balaban J connectivity index is 1.09.